The van der Waals surface area contributed by atoms with Crippen molar-refractivity contribution >= 4 is 45.6 Å². The summed E-state index contributed by atoms with van der Waals surface area (Å²) in [5, 5.41) is 23.3. The predicted octanol–water partition coefficient (Wildman–Crippen LogP) is 5.84. The van der Waals surface area contributed by atoms with Crippen LogP contribution in [0.1, 0.15) is 79.4 Å². The molecule has 0 bridgehead atoms. The Bertz CT molecular complexity index is 2650. The van der Waals surface area contributed by atoms with Crippen molar-refractivity contribution in [2.24, 2.45) is 13.0 Å². The Morgan fingerprint density at radius 1 is 0.915 bits per heavy atom. The minimum Gasteiger partial charge on any atom is -0.503 e. The number of phenols is 1. The number of aromatic hydroxyl groups is 1. The Hall–Kier alpha value is -6.52. The number of halogens is 3. The van der Waals surface area contributed by atoms with Gasteiger partial charge in [-0.25, -0.2) is 23.5 Å². The van der Waals surface area contributed by atoms with Crippen molar-refractivity contribution in [1.29, 1.82) is 0 Å². The number of fused-ring (bicyclic) bond motifs is 2. The van der Waals surface area contributed by atoms with Crippen LogP contribution in [0.25, 0.3) is 33.1 Å². The second kappa shape index (κ2) is 16.4. The number of nitrogens with one attached hydrogen (secondary N) is 3. The molecule has 4 heterocycles. The van der Waals surface area contributed by atoms with Crippen LogP contribution in [0.2, 0.25) is 0 Å². The molecule has 3 amide bonds. The smallest absolute Gasteiger partial charge is 0.329 e. The first-order valence-electron chi connectivity index (χ1n) is 19.7. The number of phenolic OH excluding ortho intramolecular Hbond substituents is 1. The number of hydrogen-bond acceptors (Lipinski definition) is 9. The van der Waals surface area contributed by atoms with Gasteiger partial charge in [-0.3, -0.25) is 33.5 Å². The van der Waals surface area contributed by atoms with Crippen LogP contribution in [-0.4, -0.2) is 64.8 Å². The molecule has 6 aromatic rings. The standard InChI is InChI=1S/C42H42F3N9O5/c1-52-34-16-23(7-12-32(34)54(42(52)59)33-13-14-35(55)50-40(33)58)4-2-3-15-46-41-48-20-27(21-49-41)25-8-9-26-22-53(51-31(26)17-25)28-10-5-24(6-11-28)19-47-39(57)29-18-30(43)38(56)37(45)36(29)44/h7-9,12,16-18,20-22,24,28,33,56H,2-6,10-11,13-15,19H2,1H3,(H,47,57)(H,46,48,49)(H,50,55,58)/t24?,28?,33-/m1/s1. The fourth-order valence-electron chi connectivity index (χ4n) is 8.12. The molecule has 59 heavy (non-hydrogen) atoms. The maximum absolute atomic E-state index is 14.1. The molecule has 306 valence electrons. The van der Waals surface area contributed by atoms with Gasteiger partial charge in [0.2, 0.25) is 23.6 Å². The maximum Gasteiger partial charge on any atom is 0.329 e. The number of aromatic nitrogens is 6. The van der Waals surface area contributed by atoms with E-state index in [0.717, 1.165) is 78.1 Å². The number of rotatable bonds is 12. The summed E-state index contributed by atoms with van der Waals surface area (Å²) >= 11 is 0. The third-order valence-electron chi connectivity index (χ3n) is 11.5. The molecule has 0 unspecified atom stereocenters. The van der Waals surface area contributed by atoms with Gasteiger partial charge in [0.25, 0.3) is 5.91 Å². The van der Waals surface area contributed by atoms with Gasteiger partial charge in [0.1, 0.15) is 6.04 Å². The lowest BCUT2D eigenvalue weighted by molar-refractivity contribution is -0.135. The molecule has 1 aliphatic carbocycles. The fourth-order valence-corrected chi connectivity index (χ4v) is 8.12. The first-order chi connectivity index (χ1) is 28.4. The first kappa shape index (κ1) is 39.3. The number of imide groups is 1. The number of hydrogen-bond donors (Lipinski definition) is 4. The van der Waals surface area contributed by atoms with Gasteiger partial charge in [0.05, 0.1) is 28.2 Å². The minimum absolute atomic E-state index is 0.106. The highest BCUT2D eigenvalue weighted by Crippen LogP contribution is 2.34. The Kier molecular flexibility index (Phi) is 10.9. The molecule has 1 saturated carbocycles. The summed E-state index contributed by atoms with van der Waals surface area (Å²) in [6, 6.07) is 11.8. The predicted molar refractivity (Wildman–Crippen MR) is 212 cm³/mol. The number of nitrogens with zero attached hydrogens (tertiary/aromatic N) is 6. The van der Waals surface area contributed by atoms with Gasteiger partial charge in [-0.15, -0.1) is 0 Å². The van der Waals surface area contributed by atoms with E-state index in [2.05, 4.69) is 25.9 Å². The zero-order valence-electron chi connectivity index (χ0n) is 32.2. The molecule has 2 fully saturated rings. The van der Waals surface area contributed by atoms with E-state index in [-0.39, 0.29) is 36.5 Å². The first-order valence-corrected chi connectivity index (χ1v) is 19.7. The molecule has 1 aliphatic heterocycles. The Morgan fingerprint density at radius 2 is 1.69 bits per heavy atom. The molecule has 0 spiro atoms. The molecule has 0 radical (unpaired) electrons. The number of anilines is 1. The lowest BCUT2D eigenvalue weighted by atomic mass is 9.86. The largest absolute Gasteiger partial charge is 0.503 e. The van der Waals surface area contributed by atoms with E-state index < -0.39 is 46.6 Å². The number of imidazole rings is 1. The molecule has 1 saturated heterocycles. The second-order valence-electron chi connectivity index (χ2n) is 15.3. The highest BCUT2D eigenvalue weighted by atomic mass is 19.2. The van der Waals surface area contributed by atoms with Crippen molar-refractivity contribution in [2.45, 2.75) is 69.9 Å². The van der Waals surface area contributed by atoms with Crippen LogP contribution >= 0.6 is 0 Å². The van der Waals surface area contributed by atoms with Gasteiger partial charge in [0.15, 0.2) is 17.4 Å². The van der Waals surface area contributed by atoms with Gasteiger partial charge in [-0.2, -0.15) is 9.49 Å². The van der Waals surface area contributed by atoms with Crippen LogP contribution in [0.5, 0.6) is 5.75 Å². The number of aryl methyl sites for hydroxylation is 2. The summed E-state index contributed by atoms with van der Waals surface area (Å²) in [4.78, 5) is 58.6. The van der Waals surface area contributed by atoms with Crippen molar-refractivity contribution in [3.05, 3.63) is 100 Å². The molecule has 1 atom stereocenters. The minimum atomic E-state index is -1.79. The van der Waals surface area contributed by atoms with Gasteiger partial charge in [-0.05, 0) is 92.7 Å². The van der Waals surface area contributed by atoms with Crippen LogP contribution < -0.4 is 21.6 Å². The van der Waals surface area contributed by atoms with Gasteiger partial charge >= 0.3 is 5.69 Å². The quantitative estimate of drug-likeness (QED) is 0.0672. The highest BCUT2D eigenvalue weighted by Gasteiger charge is 2.31. The fraction of sp³-hybridized carbons (Fsp3) is 0.357. The van der Waals surface area contributed by atoms with Crippen LogP contribution in [0.15, 0.2) is 65.8 Å². The molecule has 4 N–H and O–H groups in total. The lowest BCUT2D eigenvalue weighted by Crippen LogP contribution is -2.44. The third-order valence-corrected chi connectivity index (χ3v) is 11.5. The van der Waals surface area contributed by atoms with Crippen molar-refractivity contribution in [2.75, 3.05) is 18.4 Å². The van der Waals surface area contributed by atoms with E-state index in [0.29, 0.717) is 30.5 Å². The number of carbonyl (C=O) groups is 3. The topological polar surface area (TPSA) is 178 Å². The summed E-state index contributed by atoms with van der Waals surface area (Å²) < 4.78 is 46.5. The highest BCUT2D eigenvalue weighted by molar-refractivity contribution is 6.00. The second-order valence-corrected chi connectivity index (χ2v) is 15.3. The van der Waals surface area contributed by atoms with E-state index >= 15 is 0 Å². The van der Waals surface area contributed by atoms with E-state index in [9.17, 15) is 37.5 Å². The SMILES string of the molecule is Cn1c(=O)n([C@@H]2CCC(=O)NC2=O)c2ccc(CCCCNc3ncc(-c4ccc5cn(C6CCC(CNC(=O)c7cc(F)c(O)c(F)c7F)CC6)nc5c4)cn3)cc21. The third kappa shape index (κ3) is 8.00. The summed E-state index contributed by atoms with van der Waals surface area (Å²) in [6.07, 6.45) is 11.8. The maximum atomic E-state index is 14.1. The Morgan fingerprint density at radius 3 is 2.46 bits per heavy atom. The normalized spacial score (nSPS) is 18.3. The van der Waals surface area contributed by atoms with Crippen LogP contribution in [0.4, 0.5) is 19.1 Å². The number of piperidine rings is 1. The summed E-state index contributed by atoms with van der Waals surface area (Å²) in [5.74, 6) is -7.32. The van der Waals surface area contributed by atoms with Crippen LogP contribution in [0, 0.1) is 23.4 Å². The average Bonchev–Trinajstić information content (AvgIpc) is 3.78. The van der Waals surface area contributed by atoms with E-state index in [1.165, 1.54) is 4.57 Å². The lowest BCUT2D eigenvalue weighted by Gasteiger charge is -2.28. The molecule has 2 aliphatic rings. The molecule has 17 heteroatoms. The average molecular weight is 810 g/mol. The monoisotopic (exact) mass is 809 g/mol. The van der Waals surface area contributed by atoms with Gasteiger partial charge < -0.3 is 15.7 Å². The van der Waals surface area contributed by atoms with Gasteiger partial charge in [0, 0.05) is 56.1 Å². The number of carbonyl (C=O) groups excluding carboxylic acids is 3. The summed E-state index contributed by atoms with van der Waals surface area (Å²) in [5.41, 5.74) is 4.03. The van der Waals surface area contributed by atoms with Crippen molar-refractivity contribution in [3.63, 3.8) is 0 Å². The molecule has 3 aromatic heterocycles. The molecule has 14 nitrogen and oxygen atoms in total. The zero-order valence-corrected chi connectivity index (χ0v) is 32.2. The van der Waals surface area contributed by atoms with Crippen molar-refractivity contribution in [3.8, 4) is 16.9 Å². The number of unbranched alkanes of at least 4 members (excludes halogenated alkanes) is 1. The summed E-state index contributed by atoms with van der Waals surface area (Å²) in [7, 11) is 1.69. The van der Waals surface area contributed by atoms with Crippen molar-refractivity contribution < 1.29 is 32.7 Å². The van der Waals surface area contributed by atoms with Crippen LogP contribution in [-0.2, 0) is 23.1 Å². The van der Waals surface area contributed by atoms with E-state index in [1.54, 1.807) is 24.0 Å². The zero-order chi connectivity index (χ0) is 41.4. The molecule has 8 rings (SSSR count). The molecular formula is C42H42F3N9O5. The van der Waals surface area contributed by atoms with E-state index in [1.807, 2.05) is 47.3 Å². The number of benzene rings is 3. The number of amides is 3. The molecule has 3 aromatic carbocycles. The molecular weight excluding hydrogens is 768 g/mol. The van der Waals surface area contributed by atoms with Crippen molar-refractivity contribution in [1.82, 2.24) is 39.5 Å². The van der Waals surface area contributed by atoms with E-state index in [4.69, 9.17) is 5.10 Å². The van der Waals surface area contributed by atoms with Gasteiger partial charge in [-0.1, -0.05) is 18.2 Å². The Labute approximate surface area is 335 Å². The van der Waals surface area contributed by atoms with Crippen LogP contribution in [0.3, 0.4) is 0 Å². The Balaban J connectivity index is 0.800. The summed E-state index contributed by atoms with van der Waals surface area (Å²) in [6.45, 7) is 0.903.